The molecule has 0 aromatic heterocycles. The van der Waals surface area contributed by atoms with Crippen molar-refractivity contribution in [1.82, 2.24) is 0 Å². The zero-order valence-electron chi connectivity index (χ0n) is 20.0. The van der Waals surface area contributed by atoms with Crippen molar-refractivity contribution in [3.8, 4) is 11.5 Å². The summed E-state index contributed by atoms with van der Waals surface area (Å²) >= 11 is 1.07. The van der Waals surface area contributed by atoms with Crippen molar-refractivity contribution in [2.45, 2.75) is 76.0 Å². The number of aryl methyl sites for hydroxylation is 2. The van der Waals surface area contributed by atoms with Gasteiger partial charge in [-0.2, -0.15) is 0 Å². The Morgan fingerprint density at radius 1 is 0.667 bits per heavy atom. The SMILES string of the molecule is Cc1cc(Sc2cc(C)cc(C(C)(C)C)c2OP(=O)(O)O)c(OP(=O)(O)O)c(C(C)(C)C)c1. The lowest BCUT2D eigenvalue weighted by Gasteiger charge is -2.27. The molecule has 0 saturated heterocycles. The fourth-order valence-corrected chi connectivity index (χ4v) is 5.50. The van der Waals surface area contributed by atoms with Crippen LogP contribution in [-0.2, 0) is 20.0 Å². The number of rotatable bonds is 6. The van der Waals surface area contributed by atoms with Gasteiger partial charge < -0.3 is 9.05 Å². The number of benzene rings is 2. The zero-order valence-corrected chi connectivity index (χ0v) is 22.6. The third kappa shape index (κ3) is 7.86. The van der Waals surface area contributed by atoms with Crippen molar-refractivity contribution in [3.05, 3.63) is 46.5 Å². The normalized spacial score (nSPS) is 13.2. The summed E-state index contributed by atoms with van der Waals surface area (Å²) in [5.74, 6) is 0.0414. The monoisotopic (exact) mass is 518 g/mol. The summed E-state index contributed by atoms with van der Waals surface area (Å²) in [6, 6.07) is 7.04. The second-order valence-electron chi connectivity index (χ2n) is 10.0. The van der Waals surface area contributed by atoms with Crippen LogP contribution in [0.2, 0.25) is 0 Å². The molecule has 0 heterocycles. The summed E-state index contributed by atoms with van der Waals surface area (Å²) in [5, 5.41) is 0. The topological polar surface area (TPSA) is 134 Å². The molecule has 33 heavy (non-hydrogen) atoms. The van der Waals surface area contributed by atoms with Gasteiger partial charge in [0.15, 0.2) is 0 Å². The van der Waals surface area contributed by atoms with Gasteiger partial charge in [0.25, 0.3) is 0 Å². The molecule has 0 bridgehead atoms. The minimum absolute atomic E-state index is 0.0207. The Hall–Kier alpha value is -1.31. The smallest absolute Gasteiger partial charge is 0.403 e. The second kappa shape index (κ2) is 9.38. The first-order valence-corrected chi connectivity index (χ1v) is 14.0. The Kier molecular flexibility index (Phi) is 7.94. The Labute approximate surface area is 199 Å². The average molecular weight is 519 g/mol. The van der Waals surface area contributed by atoms with Gasteiger partial charge in [-0.15, -0.1) is 0 Å². The maximum absolute atomic E-state index is 11.8. The molecular weight excluding hydrogens is 486 g/mol. The van der Waals surface area contributed by atoms with Gasteiger partial charge in [0.1, 0.15) is 11.5 Å². The van der Waals surface area contributed by atoms with Crippen LogP contribution in [0.3, 0.4) is 0 Å². The summed E-state index contributed by atoms with van der Waals surface area (Å²) < 4.78 is 33.9. The van der Waals surface area contributed by atoms with Gasteiger partial charge in [0, 0.05) is 11.1 Å². The molecule has 0 saturated carbocycles. The molecule has 11 heteroatoms. The van der Waals surface area contributed by atoms with Crippen molar-refractivity contribution in [2.75, 3.05) is 0 Å². The first-order valence-electron chi connectivity index (χ1n) is 10.2. The van der Waals surface area contributed by atoms with Crippen LogP contribution in [0.25, 0.3) is 0 Å². The lowest BCUT2D eigenvalue weighted by Crippen LogP contribution is -2.15. The van der Waals surface area contributed by atoms with Gasteiger partial charge in [-0.3, -0.25) is 19.6 Å². The summed E-state index contributed by atoms with van der Waals surface area (Å²) in [6.45, 7) is 15.1. The molecule has 0 aliphatic carbocycles. The van der Waals surface area contributed by atoms with E-state index in [4.69, 9.17) is 9.05 Å². The number of phosphoric ester groups is 2. The van der Waals surface area contributed by atoms with Gasteiger partial charge in [-0.1, -0.05) is 65.4 Å². The van der Waals surface area contributed by atoms with E-state index in [1.807, 2.05) is 55.4 Å². The van der Waals surface area contributed by atoms with E-state index < -0.39 is 26.5 Å². The predicted molar refractivity (Wildman–Crippen MR) is 129 cm³/mol. The highest BCUT2D eigenvalue weighted by Crippen LogP contribution is 2.53. The quantitative estimate of drug-likeness (QED) is 0.340. The van der Waals surface area contributed by atoms with Gasteiger partial charge in [-0.05, 0) is 47.9 Å². The first kappa shape index (κ1) is 27.9. The molecule has 4 N–H and O–H groups in total. The Morgan fingerprint density at radius 3 is 1.21 bits per heavy atom. The largest absolute Gasteiger partial charge is 0.524 e. The summed E-state index contributed by atoms with van der Waals surface area (Å²) in [7, 11) is -9.78. The predicted octanol–water partition coefficient (Wildman–Crippen LogP) is 5.99. The van der Waals surface area contributed by atoms with Crippen LogP contribution in [0.15, 0.2) is 34.1 Å². The van der Waals surface area contributed by atoms with Crippen LogP contribution in [0, 0.1) is 13.8 Å². The zero-order chi connectivity index (χ0) is 25.6. The fraction of sp³-hybridized carbons (Fsp3) is 0.455. The molecule has 0 amide bonds. The van der Waals surface area contributed by atoms with Crippen molar-refractivity contribution in [2.24, 2.45) is 0 Å². The second-order valence-corrected chi connectivity index (χ2v) is 13.5. The average Bonchev–Trinajstić information content (AvgIpc) is 2.55. The van der Waals surface area contributed by atoms with E-state index in [0.29, 0.717) is 20.9 Å². The molecule has 0 spiro atoms. The molecule has 2 rings (SSSR count). The molecular formula is C22H32O8P2S. The van der Waals surface area contributed by atoms with Crippen LogP contribution >= 0.6 is 27.4 Å². The third-order valence-corrected chi connectivity index (χ3v) is 6.54. The lowest BCUT2D eigenvalue weighted by atomic mass is 9.85. The lowest BCUT2D eigenvalue weighted by molar-refractivity contribution is 0.276. The highest BCUT2D eigenvalue weighted by molar-refractivity contribution is 7.99. The molecule has 0 aliphatic rings. The van der Waals surface area contributed by atoms with Crippen LogP contribution in [0.5, 0.6) is 11.5 Å². The molecule has 184 valence electrons. The highest BCUT2D eigenvalue weighted by atomic mass is 32.2. The molecule has 0 radical (unpaired) electrons. The van der Waals surface area contributed by atoms with E-state index in [1.165, 1.54) is 0 Å². The minimum atomic E-state index is -4.89. The number of phosphoric acid groups is 2. The Balaban J connectivity index is 2.84. The van der Waals surface area contributed by atoms with E-state index in [1.54, 1.807) is 24.3 Å². The van der Waals surface area contributed by atoms with Gasteiger partial charge in [-0.25, -0.2) is 9.13 Å². The maximum atomic E-state index is 11.8. The molecule has 0 aliphatic heterocycles. The van der Waals surface area contributed by atoms with Gasteiger partial charge >= 0.3 is 15.6 Å². The first-order chi connectivity index (χ1) is 14.7. The van der Waals surface area contributed by atoms with E-state index in [2.05, 4.69) is 0 Å². The molecule has 2 aromatic carbocycles. The highest BCUT2D eigenvalue weighted by Gasteiger charge is 2.31. The van der Waals surface area contributed by atoms with Gasteiger partial charge in [0.05, 0.1) is 9.79 Å². The molecule has 0 fully saturated rings. The summed E-state index contributed by atoms with van der Waals surface area (Å²) in [5.41, 5.74) is 1.85. The number of hydrogen-bond donors (Lipinski definition) is 4. The van der Waals surface area contributed by atoms with E-state index in [0.717, 1.165) is 22.9 Å². The maximum Gasteiger partial charge on any atom is 0.524 e. The van der Waals surface area contributed by atoms with E-state index >= 15 is 0 Å². The third-order valence-electron chi connectivity index (χ3n) is 4.65. The van der Waals surface area contributed by atoms with Crippen molar-refractivity contribution < 1.29 is 37.8 Å². The van der Waals surface area contributed by atoms with Crippen LogP contribution in [-0.4, -0.2) is 19.6 Å². The molecule has 0 atom stereocenters. The molecule has 2 aromatic rings. The van der Waals surface area contributed by atoms with E-state index in [9.17, 15) is 28.7 Å². The minimum Gasteiger partial charge on any atom is -0.403 e. The van der Waals surface area contributed by atoms with Crippen molar-refractivity contribution >= 4 is 27.4 Å². The molecule has 8 nitrogen and oxygen atoms in total. The van der Waals surface area contributed by atoms with Crippen LogP contribution in [0.4, 0.5) is 0 Å². The van der Waals surface area contributed by atoms with Crippen LogP contribution in [0.1, 0.15) is 63.8 Å². The Morgan fingerprint density at radius 2 is 0.970 bits per heavy atom. The standard InChI is InChI=1S/C22H32O8P2S/c1-13-9-15(21(3,4)5)19(29-31(23,24)25)17(11-13)33-18-12-14(2)10-16(22(6,7)8)20(18)30-32(26,27)28/h9-12H,1-8H3,(H2,23,24,25)(H2,26,27,28). The van der Waals surface area contributed by atoms with Crippen LogP contribution < -0.4 is 9.05 Å². The van der Waals surface area contributed by atoms with Gasteiger partial charge in [0.2, 0.25) is 0 Å². The fourth-order valence-electron chi connectivity index (χ4n) is 3.29. The Bertz CT molecular complexity index is 1050. The summed E-state index contributed by atoms with van der Waals surface area (Å²) in [6.07, 6.45) is 0. The van der Waals surface area contributed by atoms with E-state index in [-0.39, 0.29) is 11.5 Å². The van der Waals surface area contributed by atoms with Crippen molar-refractivity contribution in [1.29, 1.82) is 0 Å². The summed E-state index contributed by atoms with van der Waals surface area (Å²) in [4.78, 5) is 39.1. The number of hydrogen-bond acceptors (Lipinski definition) is 5. The van der Waals surface area contributed by atoms with Crippen molar-refractivity contribution in [3.63, 3.8) is 0 Å². The molecule has 0 unspecified atom stereocenters.